The van der Waals surface area contributed by atoms with Crippen molar-refractivity contribution >= 4 is 11.6 Å². The van der Waals surface area contributed by atoms with Crippen molar-refractivity contribution in [2.24, 2.45) is 0 Å². The summed E-state index contributed by atoms with van der Waals surface area (Å²) in [6, 6.07) is 1.73. The Kier molecular flexibility index (Phi) is 3.17. The van der Waals surface area contributed by atoms with Gasteiger partial charge in [-0.3, -0.25) is 0 Å². The number of nitrogens with one attached hydrogen (secondary N) is 1. The quantitative estimate of drug-likeness (QED) is 0.515. The van der Waals surface area contributed by atoms with Crippen LogP contribution in [0.5, 0.6) is 0 Å². The highest BCUT2D eigenvalue weighted by Crippen LogP contribution is 1.92. The average molecular weight is 117 g/mol. The molecule has 0 aromatic rings. The minimum Gasteiger partial charge on any atom is -0.392 e. The molecule has 0 radical (unpaired) electrons. The number of allylic oxidation sites excluding steroid dienone is 1. The fraction of sp³-hybridized carbons (Fsp3) is 0.250. The Labute approximate surface area is 47.4 Å². The number of hydrogen-bond acceptors (Lipinski definition) is 2. The number of nitrogens with zero attached hydrogens (tertiary/aromatic N) is 1. The highest BCUT2D eigenvalue weighted by Gasteiger charge is 1.78. The molecule has 38 valence electrons. The predicted octanol–water partition coefficient (Wildman–Crippen LogP) is 0.810. The zero-order chi connectivity index (χ0) is 5.70. The molecule has 2 nitrogen and oxygen atoms in total. The highest BCUT2D eigenvalue weighted by atomic mass is 35.5. The van der Waals surface area contributed by atoms with Gasteiger partial charge in [0.05, 0.1) is 0 Å². The number of halogens is 1. The molecule has 0 unspecified atom stereocenters. The van der Waals surface area contributed by atoms with Crippen LogP contribution in [0, 0.1) is 11.3 Å². The van der Waals surface area contributed by atoms with Gasteiger partial charge in [-0.15, -0.1) is 0 Å². The van der Waals surface area contributed by atoms with Crippen LogP contribution in [0.1, 0.15) is 0 Å². The van der Waals surface area contributed by atoms with Crippen molar-refractivity contribution in [2.45, 2.75) is 0 Å². The van der Waals surface area contributed by atoms with E-state index in [1.807, 2.05) is 0 Å². The van der Waals surface area contributed by atoms with Crippen molar-refractivity contribution in [2.75, 3.05) is 7.05 Å². The Morgan fingerprint density at radius 3 is 2.71 bits per heavy atom. The summed E-state index contributed by atoms with van der Waals surface area (Å²) in [5, 5.41) is 10.7. The van der Waals surface area contributed by atoms with Gasteiger partial charge in [-0.05, 0) is 0 Å². The van der Waals surface area contributed by atoms with Crippen LogP contribution in [0.25, 0.3) is 0 Å². The van der Waals surface area contributed by atoms with Gasteiger partial charge >= 0.3 is 0 Å². The minimum absolute atomic E-state index is 0.169. The van der Waals surface area contributed by atoms with E-state index in [0.29, 0.717) is 0 Å². The molecule has 0 aliphatic carbocycles. The molecule has 0 fully saturated rings. The molecule has 1 N–H and O–H groups in total. The van der Waals surface area contributed by atoms with Crippen LogP contribution < -0.4 is 5.32 Å². The maximum Gasteiger partial charge on any atom is 0.133 e. The van der Waals surface area contributed by atoms with Crippen LogP contribution in [0.3, 0.4) is 0 Å². The Bertz CT molecular complexity index is 111. The molecule has 7 heavy (non-hydrogen) atoms. The summed E-state index contributed by atoms with van der Waals surface area (Å²) in [6.07, 6.45) is 1.42. The Morgan fingerprint density at radius 1 is 2.00 bits per heavy atom. The Hall–Kier alpha value is -0.680. The minimum atomic E-state index is 0.169. The zero-order valence-corrected chi connectivity index (χ0v) is 4.66. The first kappa shape index (κ1) is 6.32. The van der Waals surface area contributed by atoms with Crippen LogP contribution in [0.15, 0.2) is 11.2 Å². The van der Waals surface area contributed by atoms with Gasteiger partial charge in [-0.1, -0.05) is 11.6 Å². The van der Waals surface area contributed by atoms with Gasteiger partial charge in [0.2, 0.25) is 0 Å². The number of rotatable bonds is 1. The van der Waals surface area contributed by atoms with E-state index in [9.17, 15) is 0 Å². The Balaban J connectivity index is 3.57. The van der Waals surface area contributed by atoms with E-state index < -0.39 is 0 Å². The van der Waals surface area contributed by atoms with Crippen molar-refractivity contribution in [3.63, 3.8) is 0 Å². The second-order valence-corrected chi connectivity index (χ2v) is 1.30. The summed E-state index contributed by atoms with van der Waals surface area (Å²) >= 11 is 5.20. The van der Waals surface area contributed by atoms with E-state index in [1.54, 1.807) is 13.1 Å². The van der Waals surface area contributed by atoms with E-state index in [4.69, 9.17) is 16.9 Å². The highest BCUT2D eigenvalue weighted by molar-refractivity contribution is 6.31. The lowest BCUT2D eigenvalue weighted by atomic mass is 10.7. The lowest BCUT2D eigenvalue weighted by Gasteiger charge is -1.80. The normalized spacial score (nSPS) is 10.1. The first-order valence-electron chi connectivity index (χ1n) is 1.74. The Morgan fingerprint density at radius 2 is 2.57 bits per heavy atom. The topological polar surface area (TPSA) is 35.8 Å². The summed E-state index contributed by atoms with van der Waals surface area (Å²) in [6.45, 7) is 0. The average Bonchev–Trinajstić information content (AvgIpc) is 1.68. The van der Waals surface area contributed by atoms with Crippen molar-refractivity contribution in [3.8, 4) is 6.07 Å². The summed E-state index contributed by atoms with van der Waals surface area (Å²) in [7, 11) is 1.68. The first-order chi connectivity index (χ1) is 3.31. The molecular weight excluding hydrogens is 112 g/mol. The van der Waals surface area contributed by atoms with Gasteiger partial charge < -0.3 is 5.32 Å². The number of nitriles is 1. The smallest absolute Gasteiger partial charge is 0.133 e. The van der Waals surface area contributed by atoms with E-state index in [-0.39, 0.29) is 5.03 Å². The van der Waals surface area contributed by atoms with Crippen molar-refractivity contribution in [1.82, 2.24) is 5.32 Å². The fourth-order valence-corrected chi connectivity index (χ4v) is 0.268. The molecule has 0 amide bonds. The van der Waals surface area contributed by atoms with Crippen LogP contribution >= 0.6 is 11.6 Å². The van der Waals surface area contributed by atoms with Crippen LogP contribution in [-0.4, -0.2) is 7.05 Å². The molecule has 0 bridgehead atoms. The summed E-state index contributed by atoms with van der Waals surface area (Å²) in [5.74, 6) is 0. The molecule has 0 rings (SSSR count). The molecule has 0 atom stereocenters. The van der Waals surface area contributed by atoms with E-state index in [0.717, 1.165) is 0 Å². The van der Waals surface area contributed by atoms with Crippen LogP contribution in [0.2, 0.25) is 0 Å². The van der Waals surface area contributed by atoms with E-state index in [2.05, 4.69) is 5.32 Å². The summed E-state index contributed by atoms with van der Waals surface area (Å²) in [5.41, 5.74) is 0. The predicted molar refractivity (Wildman–Crippen MR) is 28.6 cm³/mol. The van der Waals surface area contributed by atoms with Gasteiger partial charge in [0, 0.05) is 13.2 Å². The molecule has 3 heteroatoms. The first-order valence-corrected chi connectivity index (χ1v) is 2.12. The molecular formula is C4H5ClN2. The lowest BCUT2D eigenvalue weighted by Crippen LogP contribution is -1.91. The molecule has 0 aromatic carbocycles. The third kappa shape index (κ3) is 3.14. The second-order valence-electron chi connectivity index (χ2n) is 0.893. The van der Waals surface area contributed by atoms with E-state index in [1.165, 1.54) is 6.20 Å². The maximum atomic E-state index is 7.98. The van der Waals surface area contributed by atoms with E-state index >= 15 is 0 Å². The lowest BCUT2D eigenvalue weighted by molar-refractivity contribution is 1.10. The zero-order valence-electron chi connectivity index (χ0n) is 3.90. The summed E-state index contributed by atoms with van der Waals surface area (Å²) < 4.78 is 0. The van der Waals surface area contributed by atoms with Gasteiger partial charge in [0.1, 0.15) is 11.1 Å². The third-order valence-electron chi connectivity index (χ3n) is 0.378. The van der Waals surface area contributed by atoms with Gasteiger partial charge in [0.25, 0.3) is 0 Å². The van der Waals surface area contributed by atoms with Crippen LogP contribution in [-0.2, 0) is 0 Å². The molecule has 0 aromatic heterocycles. The monoisotopic (exact) mass is 116 g/mol. The van der Waals surface area contributed by atoms with Gasteiger partial charge in [-0.25, -0.2) is 0 Å². The third-order valence-corrected chi connectivity index (χ3v) is 0.571. The fourth-order valence-electron chi connectivity index (χ4n) is 0.159. The molecule has 0 spiro atoms. The van der Waals surface area contributed by atoms with Crippen molar-refractivity contribution < 1.29 is 0 Å². The number of hydrogen-bond donors (Lipinski definition) is 1. The molecule has 0 saturated heterocycles. The molecule has 0 saturated carbocycles. The molecule has 0 heterocycles. The van der Waals surface area contributed by atoms with Crippen molar-refractivity contribution in [1.29, 1.82) is 5.26 Å². The molecule has 0 aliphatic rings. The van der Waals surface area contributed by atoms with Gasteiger partial charge in [-0.2, -0.15) is 5.26 Å². The molecule has 0 aliphatic heterocycles. The van der Waals surface area contributed by atoms with Gasteiger partial charge in [0.15, 0.2) is 0 Å². The maximum absolute atomic E-state index is 7.98. The standard InChI is InChI=1S/C4H5ClN2/c1-7-3-4(5)2-6/h3,7H,1H3. The second kappa shape index (κ2) is 3.51. The summed E-state index contributed by atoms with van der Waals surface area (Å²) in [4.78, 5) is 0. The van der Waals surface area contributed by atoms with Crippen molar-refractivity contribution in [3.05, 3.63) is 11.2 Å². The largest absolute Gasteiger partial charge is 0.392 e. The van der Waals surface area contributed by atoms with Crippen LogP contribution in [0.4, 0.5) is 0 Å². The SMILES string of the molecule is CNC=C(Cl)C#N.